The van der Waals surface area contributed by atoms with E-state index < -0.39 is 6.29 Å². The Morgan fingerprint density at radius 2 is 1.70 bits per heavy atom. The molecule has 2 atom stereocenters. The van der Waals surface area contributed by atoms with Crippen molar-refractivity contribution in [2.24, 2.45) is 11.5 Å². The summed E-state index contributed by atoms with van der Waals surface area (Å²) in [5.74, 6) is -0.584. The molecular weight excluding hydrogens is 417 g/mol. The fraction of sp³-hybridized carbons (Fsp3) is 0.231. The van der Waals surface area contributed by atoms with Crippen molar-refractivity contribution in [3.8, 4) is 0 Å². The van der Waals surface area contributed by atoms with Gasteiger partial charge >= 0.3 is 0 Å². The number of aromatic nitrogens is 1. The molecule has 1 amide bonds. The second-order valence-electron chi connectivity index (χ2n) is 8.24. The zero-order valence-electron chi connectivity index (χ0n) is 18.8. The maximum absolute atomic E-state index is 13.6. The van der Waals surface area contributed by atoms with Crippen LogP contribution in [0.2, 0.25) is 0 Å². The van der Waals surface area contributed by atoms with Crippen LogP contribution in [0.4, 0.5) is 4.39 Å². The smallest absolute Gasteiger partial charge is 0.258 e. The Morgan fingerprint density at radius 3 is 2.36 bits per heavy atom. The van der Waals surface area contributed by atoms with Gasteiger partial charge in [0.15, 0.2) is 6.29 Å². The lowest BCUT2D eigenvalue weighted by Crippen LogP contribution is -2.58. The van der Waals surface area contributed by atoms with Gasteiger partial charge in [-0.05, 0) is 54.3 Å². The molecule has 0 bridgehead atoms. The van der Waals surface area contributed by atoms with Crippen LogP contribution in [-0.4, -0.2) is 40.6 Å². The Bertz CT molecular complexity index is 1160. The summed E-state index contributed by atoms with van der Waals surface area (Å²) in [7, 11) is 1.67. The number of amides is 1. The highest BCUT2D eigenvalue weighted by Gasteiger charge is 2.37. The first-order valence-electron chi connectivity index (χ1n) is 10.9. The molecule has 0 spiro atoms. The second kappa shape index (κ2) is 9.52. The number of carbonyl (C=O) groups is 1. The van der Waals surface area contributed by atoms with Crippen molar-refractivity contribution in [2.75, 3.05) is 13.6 Å². The number of carbonyl (C=O) groups excluding carboxylic acids is 1. The summed E-state index contributed by atoms with van der Waals surface area (Å²) in [6, 6.07) is 17.5. The monoisotopic (exact) mass is 445 g/mol. The third kappa shape index (κ3) is 4.51. The molecule has 170 valence electrons. The summed E-state index contributed by atoms with van der Waals surface area (Å²) >= 11 is 0. The number of hydrogen-bond acceptors (Lipinski definition) is 5. The van der Waals surface area contributed by atoms with Gasteiger partial charge in [0, 0.05) is 37.6 Å². The van der Waals surface area contributed by atoms with Crippen LogP contribution < -0.4 is 11.5 Å². The molecule has 4 N–H and O–H groups in total. The van der Waals surface area contributed by atoms with Gasteiger partial charge in [-0.15, -0.1) is 0 Å². The van der Waals surface area contributed by atoms with Crippen LogP contribution in [0, 0.1) is 12.7 Å². The largest absolute Gasteiger partial charge is 0.338 e. The van der Waals surface area contributed by atoms with Gasteiger partial charge in [-0.3, -0.25) is 15.5 Å². The second-order valence-corrected chi connectivity index (χ2v) is 8.24. The van der Waals surface area contributed by atoms with Crippen LogP contribution in [0.25, 0.3) is 11.3 Å². The van der Waals surface area contributed by atoms with Crippen LogP contribution in [0.1, 0.15) is 34.7 Å². The third-order valence-electron chi connectivity index (χ3n) is 6.13. The first-order valence-corrected chi connectivity index (χ1v) is 10.9. The summed E-state index contributed by atoms with van der Waals surface area (Å²) in [6.45, 7) is 2.57. The molecule has 1 aliphatic rings. The zero-order valence-corrected chi connectivity index (χ0v) is 18.8. The normalized spacial score (nSPS) is 17.5. The van der Waals surface area contributed by atoms with Gasteiger partial charge in [-0.25, -0.2) is 4.39 Å². The van der Waals surface area contributed by atoms with E-state index in [0.717, 1.165) is 16.7 Å². The van der Waals surface area contributed by atoms with Gasteiger partial charge in [0.1, 0.15) is 5.82 Å². The van der Waals surface area contributed by atoms with E-state index in [1.54, 1.807) is 31.6 Å². The van der Waals surface area contributed by atoms with E-state index in [2.05, 4.69) is 4.98 Å². The fourth-order valence-electron chi connectivity index (χ4n) is 4.26. The van der Waals surface area contributed by atoms with E-state index in [1.165, 1.54) is 17.0 Å². The van der Waals surface area contributed by atoms with Crippen molar-refractivity contribution in [2.45, 2.75) is 25.7 Å². The van der Waals surface area contributed by atoms with E-state index in [1.807, 2.05) is 48.2 Å². The van der Waals surface area contributed by atoms with E-state index in [-0.39, 0.29) is 17.8 Å². The summed E-state index contributed by atoms with van der Waals surface area (Å²) in [5.41, 5.74) is 17.9. The Labute approximate surface area is 193 Å². The lowest BCUT2D eigenvalue weighted by molar-refractivity contribution is -0.129. The summed E-state index contributed by atoms with van der Waals surface area (Å²) in [4.78, 5) is 21.0. The minimum absolute atomic E-state index is 0.186. The molecule has 2 heterocycles. The number of halogens is 1. The molecular formula is C26H28FN5O. The van der Waals surface area contributed by atoms with E-state index in [0.29, 0.717) is 29.8 Å². The van der Waals surface area contributed by atoms with Crippen LogP contribution in [0.15, 0.2) is 73.1 Å². The molecule has 0 radical (unpaired) electrons. The predicted molar refractivity (Wildman–Crippen MR) is 128 cm³/mol. The molecule has 6 nitrogen and oxygen atoms in total. The van der Waals surface area contributed by atoms with E-state index in [9.17, 15) is 9.18 Å². The van der Waals surface area contributed by atoms with Crippen LogP contribution in [-0.2, 0) is 4.79 Å². The Balaban J connectivity index is 1.78. The molecule has 1 aromatic heterocycles. The lowest BCUT2D eigenvalue weighted by atomic mass is 9.94. The number of likely N-dealkylation sites (N-methyl/N-ethyl adjacent to an activating group) is 1. The van der Waals surface area contributed by atoms with Crippen molar-refractivity contribution in [3.63, 3.8) is 0 Å². The van der Waals surface area contributed by atoms with Gasteiger partial charge in [0.25, 0.3) is 5.91 Å². The van der Waals surface area contributed by atoms with E-state index in [4.69, 9.17) is 11.5 Å². The van der Waals surface area contributed by atoms with E-state index >= 15 is 0 Å². The molecule has 7 heteroatoms. The average molecular weight is 446 g/mol. The fourth-order valence-corrected chi connectivity index (χ4v) is 4.26. The molecule has 1 aliphatic heterocycles. The molecule has 2 unspecified atom stereocenters. The number of hydrogen-bond donors (Lipinski definition) is 2. The van der Waals surface area contributed by atoms with Gasteiger partial charge in [0.2, 0.25) is 0 Å². The summed E-state index contributed by atoms with van der Waals surface area (Å²) in [5, 5.41) is 0. The van der Waals surface area contributed by atoms with Crippen LogP contribution in [0.3, 0.4) is 0 Å². The molecule has 33 heavy (non-hydrogen) atoms. The number of nitrogens with zero attached hydrogens (tertiary/aromatic N) is 3. The minimum atomic E-state index is -0.672. The summed E-state index contributed by atoms with van der Waals surface area (Å²) < 4.78 is 13.6. The number of benzene rings is 2. The standard InChI is InChI=1S/C26H28FN5O/c1-17-5-3-4-6-21(17)22(28)13-16-32-24(19-11-14-30-15-12-19)23(25(33)31(2)26(32)29)18-7-9-20(27)10-8-18/h3-12,14-15,22,26H,13,16,28-29H2,1-2H3. The predicted octanol–water partition coefficient (Wildman–Crippen LogP) is 3.50. The maximum atomic E-state index is 13.6. The number of aryl methyl sites for hydroxylation is 1. The van der Waals surface area contributed by atoms with Crippen LogP contribution >= 0.6 is 0 Å². The topological polar surface area (TPSA) is 88.5 Å². The average Bonchev–Trinajstić information content (AvgIpc) is 2.83. The first-order chi connectivity index (χ1) is 15.9. The van der Waals surface area contributed by atoms with Crippen molar-refractivity contribution in [1.82, 2.24) is 14.8 Å². The van der Waals surface area contributed by atoms with Crippen molar-refractivity contribution in [3.05, 3.63) is 101 Å². The highest BCUT2D eigenvalue weighted by molar-refractivity contribution is 6.27. The number of rotatable bonds is 6. The minimum Gasteiger partial charge on any atom is -0.338 e. The lowest BCUT2D eigenvalue weighted by Gasteiger charge is -2.44. The van der Waals surface area contributed by atoms with Crippen molar-refractivity contribution in [1.29, 1.82) is 0 Å². The molecule has 0 fully saturated rings. The van der Waals surface area contributed by atoms with Gasteiger partial charge in [-0.1, -0.05) is 36.4 Å². The SMILES string of the molecule is Cc1ccccc1C(N)CCN1C(c2ccncc2)=C(c2ccc(F)cc2)C(=O)N(C)C1N. The molecule has 4 rings (SSSR count). The van der Waals surface area contributed by atoms with Gasteiger partial charge in [0.05, 0.1) is 11.3 Å². The molecule has 0 saturated carbocycles. The number of nitrogens with two attached hydrogens (primary N) is 2. The first kappa shape index (κ1) is 22.6. The Kier molecular flexibility index (Phi) is 6.53. The quantitative estimate of drug-likeness (QED) is 0.606. The molecule has 0 saturated heterocycles. The van der Waals surface area contributed by atoms with Crippen molar-refractivity contribution >= 4 is 17.2 Å². The highest BCUT2D eigenvalue weighted by atomic mass is 19.1. The third-order valence-corrected chi connectivity index (χ3v) is 6.13. The summed E-state index contributed by atoms with van der Waals surface area (Å²) in [6.07, 6.45) is 3.31. The van der Waals surface area contributed by atoms with Gasteiger partial charge in [-0.2, -0.15) is 0 Å². The molecule has 3 aromatic rings. The Hall–Kier alpha value is -3.55. The van der Waals surface area contributed by atoms with Crippen molar-refractivity contribution < 1.29 is 9.18 Å². The van der Waals surface area contributed by atoms with Gasteiger partial charge < -0.3 is 15.5 Å². The maximum Gasteiger partial charge on any atom is 0.258 e. The zero-order chi connectivity index (χ0) is 23.5. The molecule has 0 aliphatic carbocycles. The molecule has 2 aromatic carbocycles. The Morgan fingerprint density at radius 1 is 1.03 bits per heavy atom. The highest BCUT2D eigenvalue weighted by Crippen LogP contribution is 2.36. The van der Waals surface area contributed by atoms with Crippen LogP contribution in [0.5, 0.6) is 0 Å². The number of pyridine rings is 1.